The third-order valence-electron chi connectivity index (χ3n) is 5.75. The molecule has 0 spiro atoms. The number of carbonyl (C=O) groups excluding carboxylic acids is 2. The molecule has 0 atom stereocenters. The fourth-order valence-electron chi connectivity index (χ4n) is 4.09. The Morgan fingerprint density at radius 3 is 1.26 bits per heavy atom. The molecule has 2 aromatic rings. The van der Waals surface area contributed by atoms with Crippen molar-refractivity contribution in [1.82, 2.24) is 0 Å². The van der Waals surface area contributed by atoms with Gasteiger partial charge in [-0.2, -0.15) is 10.2 Å². The lowest BCUT2D eigenvalue weighted by atomic mass is 9.89. The molecule has 0 aromatic heterocycles. The first-order valence-corrected chi connectivity index (χ1v) is 11.8. The third kappa shape index (κ3) is 7.69. The summed E-state index contributed by atoms with van der Waals surface area (Å²) in [6.07, 6.45) is 1.74. The molecule has 1 aliphatic carbocycles. The van der Waals surface area contributed by atoms with Crippen molar-refractivity contribution in [3.63, 3.8) is 0 Å². The Morgan fingerprint density at radius 2 is 1.00 bits per heavy atom. The van der Waals surface area contributed by atoms with Crippen LogP contribution in [-0.2, 0) is 19.1 Å². The van der Waals surface area contributed by atoms with Gasteiger partial charge in [0.1, 0.15) is 0 Å². The van der Waals surface area contributed by atoms with Crippen molar-refractivity contribution < 1.29 is 28.9 Å². The topological polar surface area (TPSA) is 188 Å². The monoisotopic (exact) mass is 526 g/mol. The minimum Gasteiger partial charge on any atom is -0.436 e. The van der Waals surface area contributed by atoms with Gasteiger partial charge in [-0.1, -0.05) is 0 Å². The van der Waals surface area contributed by atoms with E-state index in [2.05, 4.69) is 20.5 Å². The molecule has 200 valence electrons. The highest BCUT2D eigenvalue weighted by Crippen LogP contribution is 2.39. The Balaban J connectivity index is 1.80. The molecule has 0 unspecified atom stereocenters. The molecule has 1 saturated carbocycles. The van der Waals surface area contributed by atoms with Crippen LogP contribution in [0.2, 0.25) is 0 Å². The number of nitrogens with zero attached hydrogens (tertiary/aromatic N) is 6. The van der Waals surface area contributed by atoms with Gasteiger partial charge in [0.05, 0.1) is 21.2 Å². The van der Waals surface area contributed by atoms with Crippen molar-refractivity contribution in [3.8, 4) is 0 Å². The number of carbonyl (C=O) groups is 2. The first-order valence-electron chi connectivity index (χ1n) is 11.8. The van der Waals surface area contributed by atoms with Gasteiger partial charge in [0.25, 0.3) is 11.4 Å². The van der Waals surface area contributed by atoms with Crippen LogP contribution < -0.4 is 0 Å². The van der Waals surface area contributed by atoms with Gasteiger partial charge in [-0.25, -0.2) is 0 Å². The lowest BCUT2D eigenvalue weighted by Crippen LogP contribution is -2.39. The van der Waals surface area contributed by atoms with E-state index < -0.39 is 33.2 Å². The molecule has 38 heavy (non-hydrogen) atoms. The number of nitro benzene ring substituents is 2. The summed E-state index contributed by atoms with van der Waals surface area (Å²) in [5.41, 5.74) is -2.01. The van der Waals surface area contributed by atoms with Crippen molar-refractivity contribution in [2.24, 2.45) is 20.5 Å². The van der Waals surface area contributed by atoms with Crippen molar-refractivity contribution in [3.05, 3.63) is 68.8 Å². The highest BCUT2D eigenvalue weighted by Gasteiger charge is 2.41. The minimum atomic E-state index is -1.27. The number of non-ortho nitro benzene ring substituents is 2. The van der Waals surface area contributed by atoms with Gasteiger partial charge < -0.3 is 9.47 Å². The first kappa shape index (κ1) is 28.0. The number of hydrogen-bond acceptors (Lipinski definition) is 12. The lowest BCUT2D eigenvalue weighted by molar-refractivity contribution is -0.385. The average Bonchev–Trinajstić information content (AvgIpc) is 2.85. The van der Waals surface area contributed by atoms with E-state index in [4.69, 9.17) is 9.47 Å². The second kappa shape index (κ2) is 12.1. The van der Waals surface area contributed by atoms with Crippen molar-refractivity contribution in [2.45, 2.75) is 63.8 Å². The molecule has 14 heteroatoms. The van der Waals surface area contributed by atoms with E-state index >= 15 is 0 Å². The van der Waals surface area contributed by atoms with E-state index in [0.29, 0.717) is 24.2 Å². The summed E-state index contributed by atoms with van der Waals surface area (Å²) in [6, 6.07) is 11.0. The second-order valence-electron chi connectivity index (χ2n) is 8.73. The maximum Gasteiger partial charge on any atom is 0.304 e. The van der Waals surface area contributed by atoms with Crippen molar-refractivity contribution >= 4 is 34.7 Å². The van der Waals surface area contributed by atoms with E-state index in [1.54, 1.807) is 0 Å². The van der Waals surface area contributed by atoms with Crippen LogP contribution in [0.15, 0.2) is 69.0 Å². The predicted octanol–water partition coefficient (Wildman–Crippen LogP) is 6.24. The fraction of sp³-hybridized carbons (Fsp3) is 0.417. The van der Waals surface area contributed by atoms with E-state index in [9.17, 15) is 29.8 Å². The summed E-state index contributed by atoms with van der Waals surface area (Å²) in [5.74, 6) is -1.09. The van der Waals surface area contributed by atoms with Gasteiger partial charge in [0.2, 0.25) is 11.4 Å². The maximum absolute atomic E-state index is 11.9. The molecular formula is C24H26N6O8. The smallest absolute Gasteiger partial charge is 0.304 e. The third-order valence-corrected chi connectivity index (χ3v) is 5.75. The molecule has 0 saturated heterocycles. The predicted molar refractivity (Wildman–Crippen MR) is 132 cm³/mol. The normalized spacial score (nSPS) is 21.9. The molecule has 1 aliphatic rings. The zero-order chi connectivity index (χ0) is 27.8. The number of azo groups is 2. The quantitative estimate of drug-likeness (QED) is 0.167. The second-order valence-corrected chi connectivity index (χ2v) is 8.73. The van der Waals surface area contributed by atoms with Crippen LogP contribution in [0.3, 0.4) is 0 Å². The van der Waals surface area contributed by atoms with Gasteiger partial charge in [-0.3, -0.25) is 29.8 Å². The van der Waals surface area contributed by atoms with Gasteiger partial charge in [0, 0.05) is 63.8 Å². The van der Waals surface area contributed by atoms with E-state index in [1.165, 1.54) is 62.4 Å². The van der Waals surface area contributed by atoms with Crippen LogP contribution in [0, 0.1) is 20.2 Å². The summed E-state index contributed by atoms with van der Waals surface area (Å²) >= 11 is 0. The Kier molecular flexibility index (Phi) is 8.89. The number of nitro groups is 2. The Morgan fingerprint density at radius 1 is 0.684 bits per heavy atom. The summed E-state index contributed by atoms with van der Waals surface area (Å²) in [7, 11) is 0. The van der Waals surface area contributed by atoms with Crippen LogP contribution >= 0.6 is 0 Å². The van der Waals surface area contributed by atoms with Crippen molar-refractivity contribution in [1.29, 1.82) is 0 Å². The minimum absolute atomic E-state index is 0.0886. The summed E-state index contributed by atoms with van der Waals surface area (Å²) in [5, 5.41) is 38.7. The molecule has 0 N–H and O–H groups in total. The van der Waals surface area contributed by atoms with Gasteiger partial charge >= 0.3 is 11.9 Å². The molecule has 14 nitrogen and oxygen atoms in total. The van der Waals surface area contributed by atoms with Crippen LogP contribution in [0.1, 0.15) is 52.4 Å². The highest BCUT2D eigenvalue weighted by molar-refractivity contribution is 5.67. The standard InChI is InChI=1S/C24H26N6O8/c1-17(31)37-23(27-25-19-5-9-21(10-6-19)29(33)34)13-3-15-24(16-4-14-23,38-18(2)32)28-26-20-7-11-22(12-8-20)30(35)36/h5-12H,3-4,13-16H2,1-2H3. The van der Waals surface area contributed by atoms with Gasteiger partial charge in [-0.15, -0.1) is 10.2 Å². The van der Waals surface area contributed by atoms with Gasteiger partial charge in [-0.05, 0) is 37.1 Å². The number of rotatable bonds is 8. The molecule has 0 radical (unpaired) electrons. The van der Waals surface area contributed by atoms with Gasteiger partial charge in [0.15, 0.2) is 0 Å². The van der Waals surface area contributed by atoms with Crippen LogP contribution in [0.4, 0.5) is 22.7 Å². The molecule has 3 rings (SSSR count). The molecule has 2 aromatic carbocycles. The molecule has 0 amide bonds. The summed E-state index contributed by atoms with van der Waals surface area (Å²) in [6.45, 7) is 2.53. The van der Waals surface area contributed by atoms with Crippen LogP contribution in [0.25, 0.3) is 0 Å². The molecule has 0 bridgehead atoms. The molecule has 0 aliphatic heterocycles. The number of ether oxygens (including phenoxy) is 2. The van der Waals surface area contributed by atoms with Crippen LogP contribution in [0.5, 0.6) is 0 Å². The Hall–Kier alpha value is -4.62. The molecule has 1 fully saturated rings. The first-order chi connectivity index (χ1) is 18.0. The number of esters is 2. The fourth-order valence-corrected chi connectivity index (χ4v) is 4.09. The van der Waals surface area contributed by atoms with E-state index in [0.717, 1.165) is 0 Å². The lowest BCUT2D eigenvalue weighted by Gasteiger charge is -2.35. The number of benzene rings is 2. The SMILES string of the molecule is CC(=O)OC1(N=Nc2ccc([N+](=O)[O-])cc2)CCCC(N=Nc2ccc([N+](=O)[O-])cc2)(OC(C)=O)CCC1. The summed E-state index contributed by atoms with van der Waals surface area (Å²) in [4.78, 5) is 44.5. The molecule has 0 heterocycles. The number of hydrogen-bond donors (Lipinski definition) is 0. The van der Waals surface area contributed by atoms with Crippen molar-refractivity contribution in [2.75, 3.05) is 0 Å². The largest absolute Gasteiger partial charge is 0.436 e. The van der Waals surface area contributed by atoms with E-state index in [1.807, 2.05) is 0 Å². The Labute approximate surface area is 217 Å². The summed E-state index contributed by atoms with van der Waals surface area (Å²) < 4.78 is 11.2. The molecular weight excluding hydrogens is 500 g/mol. The maximum atomic E-state index is 11.9. The zero-order valence-corrected chi connectivity index (χ0v) is 20.8. The highest BCUT2D eigenvalue weighted by atomic mass is 16.6. The van der Waals surface area contributed by atoms with Crippen LogP contribution in [-0.4, -0.2) is 33.2 Å². The van der Waals surface area contributed by atoms with E-state index in [-0.39, 0.29) is 37.1 Å². The average molecular weight is 527 g/mol. The Bertz CT molecular complexity index is 1140. The zero-order valence-electron chi connectivity index (χ0n) is 20.8.